The van der Waals surface area contributed by atoms with E-state index in [1.54, 1.807) is 0 Å². The van der Waals surface area contributed by atoms with Gasteiger partial charge in [-0.25, -0.2) is 14.4 Å². The molecule has 3 aliphatic rings. The second kappa shape index (κ2) is 3.32. The fraction of sp³-hybridized carbons (Fsp3) is 0.500. The molecule has 1 aromatic heterocycles. The summed E-state index contributed by atoms with van der Waals surface area (Å²) in [5.41, 5.74) is 0.799. The summed E-state index contributed by atoms with van der Waals surface area (Å²) in [6.07, 6.45) is -3.81. The first-order valence-electron chi connectivity index (χ1n) is 5.82. The Labute approximate surface area is 107 Å². The van der Waals surface area contributed by atoms with E-state index in [4.69, 9.17) is 4.74 Å². The second-order valence-corrected chi connectivity index (χ2v) is 4.77. The van der Waals surface area contributed by atoms with E-state index in [9.17, 15) is 15.0 Å². The predicted octanol–water partition coefficient (Wildman–Crippen LogP) is -1.76. The standard InChI is InChI=1S/C10H11N5O4/c1-3-5-8-14(13-12-5)2-4-6(16)7(17)9(19-4)15(8)10(18)11-3/h4,6-7,9,16-17H,1-2H2,(H,11,18)/t4-,6+,7?,9+/m1/s1. The molecule has 0 aliphatic carbocycles. The first-order chi connectivity index (χ1) is 9.08. The van der Waals surface area contributed by atoms with Gasteiger partial charge in [-0.05, 0) is 0 Å². The molecule has 9 heteroatoms. The molecule has 100 valence electrons. The molecule has 2 amide bonds. The molecule has 1 unspecified atom stereocenters. The van der Waals surface area contributed by atoms with E-state index in [0.29, 0.717) is 17.2 Å². The summed E-state index contributed by atoms with van der Waals surface area (Å²) in [4.78, 5) is 13.3. The average Bonchev–Trinajstić information content (AvgIpc) is 2.82. The van der Waals surface area contributed by atoms with Gasteiger partial charge in [-0.15, -0.1) is 5.10 Å². The lowest BCUT2D eigenvalue weighted by atomic mass is 10.1. The summed E-state index contributed by atoms with van der Waals surface area (Å²) in [5.74, 6) is 0.437. The van der Waals surface area contributed by atoms with Gasteiger partial charge < -0.3 is 20.3 Å². The molecule has 1 saturated heterocycles. The lowest BCUT2D eigenvalue weighted by molar-refractivity contribution is 0.00693. The molecule has 0 radical (unpaired) electrons. The maximum absolute atomic E-state index is 12.1. The van der Waals surface area contributed by atoms with Gasteiger partial charge in [-0.1, -0.05) is 11.8 Å². The Hall–Kier alpha value is -1.97. The zero-order valence-electron chi connectivity index (χ0n) is 9.72. The Balaban J connectivity index is 1.93. The molecule has 4 rings (SSSR count). The van der Waals surface area contributed by atoms with Crippen molar-refractivity contribution in [1.29, 1.82) is 0 Å². The molecular weight excluding hydrogens is 254 g/mol. The van der Waals surface area contributed by atoms with E-state index in [1.807, 2.05) is 0 Å². The number of rotatable bonds is 0. The summed E-state index contributed by atoms with van der Waals surface area (Å²) in [6.45, 7) is 3.93. The summed E-state index contributed by atoms with van der Waals surface area (Å²) < 4.78 is 7.02. The monoisotopic (exact) mass is 265 g/mol. The minimum absolute atomic E-state index is 0.216. The van der Waals surface area contributed by atoms with Crippen molar-refractivity contribution in [3.63, 3.8) is 0 Å². The highest BCUT2D eigenvalue weighted by Gasteiger charge is 2.52. The highest BCUT2D eigenvalue weighted by Crippen LogP contribution is 2.37. The van der Waals surface area contributed by atoms with E-state index in [1.165, 1.54) is 9.58 Å². The van der Waals surface area contributed by atoms with Crippen LogP contribution in [0.3, 0.4) is 0 Å². The summed E-state index contributed by atoms with van der Waals surface area (Å²) in [6, 6.07) is -0.486. The van der Waals surface area contributed by atoms with Crippen LogP contribution in [0.25, 0.3) is 5.70 Å². The third kappa shape index (κ3) is 1.21. The van der Waals surface area contributed by atoms with Crippen LogP contribution < -0.4 is 10.2 Å². The summed E-state index contributed by atoms with van der Waals surface area (Å²) in [7, 11) is 0. The van der Waals surface area contributed by atoms with Crippen LogP contribution in [0.1, 0.15) is 5.69 Å². The normalized spacial score (nSPS) is 36.0. The van der Waals surface area contributed by atoms with Crippen molar-refractivity contribution in [2.24, 2.45) is 0 Å². The number of carbonyl (C=O) groups is 1. The third-order valence-corrected chi connectivity index (χ3v) is 3.64. The smallest absolute Gasteiger partial charge is 0.329 e. The van der Waals surface area contributed by atoms with Crippen molar-refractivity contribution < 1.29 is 19.7 Å². The molecule has 9 nitrogen and oxygen atoms in total. The fourth-order valence-electron chi connectivity index (χ4n) is 2.71. The Kier molecular flexibility index (Phi) is 1.91. The first-order valence-corrected chi connectivity index (χ1v) is 5.82. The number of hydrogen-bond donors (Lipinski definition) is 3. The number of hydrogen-bond acceptors (Lipinski definition) is 6. The van der Waals surface area contributed by atoms with Gasteiger partial charge in [-0.3, -0.25) is 0 Å². The number of nitrogens with zero attached hydrogens (tertiary/aromatic N) is 4. The Bertz CT molecular complexity index is 599. The number of aliphatic hydroxyl groups is 2. The number of aromatic nitrogens is 3. The molecule has 1 fully saturated rings. The average molecular weight is 265 g/mol. The second-order valence-electron chi connectivity index (χ2n) is 4.77. The van der Waals surface area contributed by atoms with Gasteiger partial charge in [0.2, 0.25) is 0 Å². The molecular formula is C10H11N5O4. The largest absolute Gasteiger partial charge is 0.387 e. The van der Waals surface area contributed by atoms with Gasteiger partial charge in [0.15, 0.2) is 17.7 Å². The number of ether oxygens (including phenoxy) is 1. The van der Waals surface area contributed by atoms with E-state index >= 15 is 0 Å². The van der Waals surface area contributed by atoms with E-state index < -0.39 is 30.6 Å². The quantitative estimate of drug-likeness (QED) is 0.512. The number of amides is 2. The van der Waals surface area contributed by atoms with Crippen LogP contribution in [0.5, 0.6) is 0 Å². The minimum Gasteiger partial charge on any atom is -0.387 e. The van der Waals surface area contributed by atoms with Gasteiger partial charge >= 0.3 is 6.03 Å². The van der Waals surface area contributed by atoms with Crippen LogP contribution >= 0.6 is 0 Å². The highest BCUT2D eigenvalue weighted by atomic mass is 16.6. The van der Waals surface area contributed by atoms with Crippen molar-refractivity contribution in [3.05, 3.63) is 12.3 Å². The zero-order valence-corrected chi connectivity index (χ0v) is 9.72. The number of urea groups is 1. The molecule has 4 heterocycles. The first kappa shape index (κ1) is 10.9. The van der Waals surface area contributed by atoms with Crippen LogP contribution in [0.15, 0.2) is 6.58 Å². The highest BCUT2D eigenvalue weighted by molar-refractivity contribution is 6.03. The molecule has 0 spiro atoms. The predicted molar refractivity (Wildman–Crippen MR) is 60.7 cm³/mol. The van der Waals surface area contributed by atoms with Crippen molar-refractivity contribution in [2.45, 2.75) is 31.1 Å². The molecule has 19 heavy (non-hydrogen) atoms. The molecule has 1 aromatic rings. The number of carbonyl (C=O) groups excluding carboxylic acids is 1. The maximum Gasteiger partial charge on any atom is 0.329 e. The topological polar surface area (TPSA) is 113 Å². The van der Waals surface area contributed by atoms with Gasteiger partial charge in [0.25, 0.3) is 0 Å². The van der Waals surface area contributed by atoms with Crippen LogP contribution in [-0.4, -0.2) is 55.8 Å². The van der Waals surface area contributed by atoms with Crippen LogP contribution in [0, 0.1) is 0 Å². The summed E-state index contributed by atoms with van der Waals surface area (Å²) >= 11 is 0. The SMILES string of the molecule is C=C1NC(=O)N2c3c1nnn3C[C@H]1O[C@H]2C(O)[C@H]1O. The van der Waals surface area contributed by atoms with E-state index in [2.05, 4.69) is 22.2 Å². The molecule has 2 bridgehead atoms. The number of anilines is 1. The number of aliphatic hydroxyl groups excluding tert-OH is 2. The van der Waals surface area contributed by atoms with Gasteiger partial charge in [0.1, 0.15) is 18.3 Å². The molecule has 4 atom stereocenters. The van der Waals surface area contributed by atoms with Crippen molar-refractivity contribution >= 4 is 17.5 Å². The molecule has 3 N–H and O–H groups in total. The lowest BCUT2D eigenvalue weighted by Gasteiger charge is -2.33. The zero-order chi connectivity index (χ0) is 13.3. The fourth-order valence-corrected chi connectivity index (χ4v) is 2.71. The van der Waals surface area contributed by atoms with Gasteiger partial charge in [-0.2, -0.15) is 0 Å². The number of fused-ring (bicyclic) bond motifs is 3. The van der Waals surface area contributed by atoms with Crippen LogP contribution in [-0.2, 0) is 11.3 Å². The Morgan fingerprint density at radius 1 is 1.42 bits per heavy atom. The van der Waals surface area contributed by atoms with Crippen molar-refractivity contribution in [2.75, 3.05) is 4.90 Å². The molecule has 0 aromatic carbocycles. The van der Waals surface area contributed by atoms with Gasteiger partial charge in [0, 0.05) is 0 Å². The van der Waals surface area contributed by atoms with Crippen LogP contribution in [0.2, 0.25) is 0 Å². The van der Waals surface area contributed by atoms with Crippen molar-refractivity contribution in [3.8, 4) is 0 Å². The maximum atomic E-state index is 12.1. The molecule has 0 saturated carbocycles. The van der Waals surface area contributed by atoms with Crippen LogP contribution in [0.4, 0.5) is 10.6 Å². The Morgan fingerprint density at radius 2 is 2.21 bits per heavy atom. The minimum atomic E-state index is -1.17. The Morgan fingerprint density at radius 3 is 3.00 bits per heavy atom. The number of nitrogens with one attached hydrogen (secondary N) is 1. The lowest BCUT2D eigenvalue weighted by Crippen LogP contribution is -2.54. The van der Waals surface area contributed by atoms with E-state index in [-0.39, 0.29) is 6.54 Å². The van der Waals surface area contributed by atoms with Crippen molar-refractivity contribution in [1.82, 2.24) is 20.3 Å². The molecule has 3 aliphatic heterocycles. The third-order valence-electron chi connectivity index (χ3n) is 3.64. The summed E-state index contributed by atoms with van der Waals surface area (Å²) in [5, 5.41) is 30.3. The van der Waals surface area contributed by atoms with Gasteiger partial charge in [0.05, 0.1) is 12.2 Å². The van der Waals surface area contributed by atoms with E-state index in [0.717, 1.165) is 0 Å².